The molecule has 0 saturated carbocycles. The van der Waals surface area contributed by atoms with Crippen LogP contribution in [0, 0.1) is 6.92 Å². The third-order valence-corrected chi connectivity index (χ3v) is 3.60. The average molecular weight is 328 g/mol. The van der Waals surface area contributed by atoms with Crippen molar-refractivity contribution in [2.45, 2.75) is 6.92 Å². The van der Waals surface area contributed by atoms with Gasteiger partial charge >= 0.3 is 0 Å². The summed E-state index contributed by atoms with van der Waals surface area (Å²) >= 11 is 3.47. The standard InChI is InChI=1S/C16H14BrN3/c1-11-4-2-7-14(8-11)20-16(18)10-15(19-20)12-5-3-6-13(17)9-12/h2-10H,18H2,1H3. The molecule has 2 N–H and O–H groups in total. The number of hydrogen-bond donors (Lipinski definition) is 1. The average Bonchev–Trinajstić information content (AvgIpc) is 2.81. The van der Waals surface area contributed by atoms with E-state index in [9.17, 15) is 0 Å². The molecule has 0 atom stereocenters. The van der Waals surface area contributed by atoms with Gasteiger partial charge in [0.15, 0.2) is 0 Å². The van der Waals surface area contributed by atoms with Crippen LogP contribution in [0.4, 0.5) is 5.82 Å². The number of anilines is 1. The zero-order valence-corrected chi connectivity index (χ0v) is 12.6. The summed E-state index contributed by atoms with van der Waals surface area (Å²) in [5.74, 6) is 0.630. The van der Waals surface area contributed by atoms with Crippen molar-refractivity contribution in [1.29, 1.82) is 0 Å². The van der Waals surface area contributed by atoms with Gasteiger partial charge in [-0.05, 0) is 36.8 Å². The van der Waals surface area contributed by atoms with Crippen LogP contribution in [0.1, 0.15) is 5.56 Å². The molecule has 0 saturated heterocycles. The number of rotatable bonds is 2. The number of aryl methyl sites for hydroxylation is 1. The quantitative estimate of drug-likeness (QED) is 0.766. The van der Waals surface area contributed by atoms with Crippen molar-refractivity contribution in [2.75, 3.05) is 5.73 Å². The highest BCUT2D eigenvalue weighted by molar-refractivity contribution is 9.10. The molecule has 0 unspecified atom stereocenters. The van der Waals surface area contributed by atoms with E-state index < -0.39 is 0 Å². The number of nitrogen functional groups attached to an aromatic ring is 1. The fourth-order valence-electron chi connectivity index (χ4n) is 2.15. The van der Waals surface area contributed by atoms with Crippen molar-refractivity contribution in [1.82, 2.24) is 9.78 Å². The summed E-state index contributed by atoms with van der Waals surface area (Å²) in [4.78, 5) is 0. The first-order chi connectivity index (χ1) is 9.63. The van der Waals surface area contributed by atoms with Gasteiger partial charge in [-0.3, -0.25) is 0 Å². The van der Waals surface area contributed by atoms with Crippen molar-refractivity contribution >= 4 is 21.7 Å². The van der Waals surface area contributed by atoms with E-state index in [-0.39, 0.29) is 0 Å². The van der Waals surface area contributed by atoms with Crippen LogP contribution in [0.25, 0.3) is 16.9 Å². The van der Waals surface area contributed by atoms with Crippen LogP contribution in [0.3, 0.4) is 0 Å². The Bertz CT molecular complexity index is 762. The number of nitrogens with zero attached hydrogens (tertiary/aromatic N) is 2. The molecular weight excluding hydrogens is 314 g/mol. The molecule has 1 heterocycles. The van der Waals surface area contributed by atoms with Crippen LogP contribution in [0.15, 0.2) is 59.1 Å². The Morgan fingerprint density at radius 3 is 2.60 bits per heavy atom. The second kappa shape index (κ2) is 5.13. The summed E-state index contributed by atoms with van der Waals surface area (Å²) in [5, 5.41) is 4.60. The highest BCUT2D eigenvalue weighted by Crippen LogP contribution is 2.25. The topological polar surface area (TPSA) is 43.8 Å². The first-order valence-electron chi connectivity index (χ1n) is 6.32. The molecule has 0 bridgehead atoms. The van der Waals surface area contributed by atoms with E-state index in [0.717, 1.165) is 21.4 Å². The summed E-state index contributed by atoms with van der Waals surface area (Å²) in [7, 11) is 0. The Morgan fingerprint density at radius 2 is 1.85 bits per heavy atom. The fraction of sp³-hybridized carbons (Fsp3) is 0.0625. The molecule has 0 aliphatic rings. The Labute approximate surface area is 126 Å². The molecule has 0 aliphatic carbocycles. The lowest BCUT2D eigenvalue weighted by Gasteiger charge is -2.04. The highest BCUT2D eigenvalue weighted by atomic mass is 79.9. The Balaban J connectivity index is 2.08. The van der Waals surface area contributed by atoms with Gasteiger partial charge in [-0.25, -0.2) is 4.68 Å². The lowest BCUT2D eigenvalue weighted by Crippen LogP contribution is -2.01. The summed E-state index contributed by atoms with van der Waals surface area (Å²) in [5.41, 5.74) is 10.2. The van der Waals surface area contributed by atoms with Gasteiger partial charge in [-0.15, -0.1) is 0 Å². The van der Waals surface area contributed by atoms with Crippen molar-refractivity contribution in [3.8, 4) is 16.9 Å². The summed E-state index contributed by atoms with van der Waals surface area (Å²) in [6.07, 6.45) is 0. The SMILES string of the molecule is Cc1cccc(-n2nc(-c3cccc(Br)c3)cc2N)c1. The van der Waals surface area contributed by atoms with Crippen LogP contribution in [0.2, 0.25) is 0 Å². The lowest BCUT2D eigenvalue weighted by atomic mass is 10.2. The van der Waals surface area contributed by atoms with Gasteiger partial charge in [0.2, 0.25) is 0 Å². The van der Waals surface area contributed by atoms with Crippen LogP contribution in [-0.4, -0.2) is 9.78 Å². The van der Waals surface area contributed by atoms with E-state index in [2.05, 4.69) is 40.1 Å². The number of hydrogen-bond acceptors (Lipinski definition) is 2. The third kappa shape index (κ3) is 2.47. The van der Waals surface area contributed by atoms with E-state index in [1.807, 2.05) is 42.5 Å². The van der Waals surface area contributed by atoms with Gasteiger partial charge in [-0.1, -0.05) is 40.2 Å². The van der Waals surface area contributed by atoms with E-state index in [1.54, 1.807) is 4.68 Å². The third-order valence-electron chi connectivity index (χ3n) is 3.10. The molecule has 2 aromatic carbocycles. The molecule has 3 rings (SSSR count). The Morgan fingerprint density at radius 1 is 1.05 bits per heavy atom. The Kier molecular flexibility index (Phi) is 3.32. The molecule has 0 radical (unpaired) electrons. The van der Waals surface area contributed by atoms with E-state index in [1.165, 1.54) is 5.56 Å². The molecule has 20 heavy (non-hydrogen) atoms. The second-order valence-electron chi connectivity index (χ2n) is 4.72. The predicted octanol–water partition coefficient (Wildman–Crippen LogP) is 4.19. The summed E-state index contributed by atoms with van der Waals surface area (Å²) in [6.45, 7) is 2.05. The van der Waals surface area contributed by atoms with Crippen LogP contribution in [0.5, 0.6) is 0 Å². The minimum absolute atomic E-state index is 0.630. The van der Waals surface area contributed by atoms with Crippen molar-refractivity contribution in [3.63, 3.8) is 0 Å². The van der Waals surface area contributed by atoms with Crippen molar-refractivity contribution < 1.29 is 0 Å². The normalized spacial score (nSPS) is 10.7. The monoisotopic (exact) mass is 327 g/mol. The first-order valence-corrected chi connectivity index (χ1v) is 7.11. The molecular formula is C16H14BrN3. The molecule has 0 amide bonds. The smallest absolute Gasteiger partial charge is 0.127 e. The Hall–Kier alpha value is -2.07. The number of benzene rings is 2. The van der Waals surface area contributed by atoms with Crippen LogP contribution < -0.4 is 5.73 Å². The maximum absolute atomic E-state index is 6.09. The maximum Gasteiger partial charge on any atom is 0.127 e. The minimum atomic E-state index is 0.630. The van der Waals surface area contributed by atoms with Crippen molar-refractivity contribution in [2.24, 2.45) is 0 Å². The highest BCUT2D eigenvalue weighted by Gasteiger charge is 2.09. The molecule has 1 aromatic heterocycles. The van der Waals surface area contributed by atoms with Gasteiger partial charge in [0, 0.05) is 16.1 Å². The molecule has 3 aromatic rings. The molecule has 3 nitrogen and oxygen atoms in total. The number of aromatic nitrogens is 2. The van der Waals surface area contributed by atoms with Gasteiger partial charge in [0.05, 0.1) is 11.4 Å². The van der Waals surface area contributed by atoms with E-state index in [4.69, 9.17) is 5.73 Å². The second-order valence-corrected chi connectivity index (χ2v) is 5.63. The maximum atomic E-state index is 6.09. The molecule has 0 aliphatic heterocycles. The van der Waals surface area contributed by atoms with Crippen LogP contribution in [-0.2, 0) is 0 Å². The summed E-state index contributed by atoms with van der Waals surface area (Å²) in [6, 6.07) is 18.0. The first kappa shape index (κ1) is 12.9. The number of nitrogens with two attached hydrogens (primary N) is 1. The largest absolute Gasteiger partial charge is 0.384 e. The van der Waals surface area contributed by atoms with Gasteiger partial charge in [0.1, 0.15) is 5.82 Å². The zero-order valence-electron chi connectivity index (χ0n) is 11.0. The summed E-state index contributed by atoms with van der Waals surface area (Å²) < 4.78 is 2.79. The van der Waals surface area contributed by atoms with Gasteiger partial charge < -0.3 is 5.73 Å². The lowest BCUT2D eigenvalue weighted by molar-refractivity contribution is 0.894. The van der Waals surface area contributed by atoms with Gasteiger partial charge in [0.25, 0.3) is 0 Å². The molecule has 4 heteroatoms. The van der Waals surface area contributed by atoms with Crippen LogP contribution >= 0.6 is 15.9 Å². The van der Waals surface area contributed by atoms with E-state index in [0.29, 0.717) is 5.82 Å². The van der Waals surface area contributed by atoms with E-state index >= 15 is 0 Å². The van der Waals surface area contributed by atoms with Crippen molar-refractivity contribution in [3.05, 3.63) is 64.6 Å². The van der Waals surface area contributed by atoms with Gasteiger partial charge in [-0.2, -0.15) is 5.10 Å². The fourth-order valence-corrected chi connectivity index (χ4v) is 2.55. The molecule has 0 spiro atoms. The predicted molar refractivity (Wildman–Crippen MR) is 85.8 cm³/mol. The molecule has 100 valence electrons. The minimum Gasteiger partial charge on any atom is -0.384 e. The zero-order chi connectivity index (χ0) is 14.1. The number of halogens is 1. The molecule has 0 fully saturated rings.